The molecule has 0 rings (SSSR count). The van der Waals surface area contributed by atoms with Crippen molar-refractivity contribution in [2.75, 3.05) is 13.2 Å². The van der Waals surface area contributed by atoms with Crippen LogP contribution in [-0.2, 0) is 19.1 Å². The average Bonchev–Trinajstić information content (AvgIpc) is 2.14. The van der Waals surface area contributed by atoms with E-state index in [2.05, 4.69) is 0 Å². The van der Waals surface area contributed by atoms with Crippen molar-refractivity contribution < 1.29 is 29.3 Å². The maximum Gasteiger partial charge on any atom is 0.308 e. The standard InChI is InChI=1S/C10H18O6/c1-3-15-10(16-4-2,7-9(13)14)6-5-8(11)12/h3-7H2,1-2H3,(H,11,12)(H,13,14). The molecule has 0 heterocycles. The maximum absolute atomic E-state index is 10.7. The third-order valence-corrected chi connectivity index (χ3v) is 1.96. The summed E-state index contributed by atoms with van der Waals surface area (Å²) in [6.07, 6.45) is -0.522. The van der Waals surface area contributed by atoms with E-state index < -0.39 is 17.7 Å². The quantitative estimate of drug-likeness (QED) is 0.580. The number of carboxylic acids is 2. The molecule has 0 amide bonds. The molecule has 0 unspecified atom stereocenters. The van der Waals surface area contributed by atoms with Crippen LogP contribution in [0.3, 0.4) is 0 Å². The van der Waals surface area contributed by atoms with Crippen molar-refractivity contribution in [1.29, 1.82) is 0 Å². The lowest BCUT2D eigenvalue weighted by molar-refractivity contribution is -0.242. The van der Waals surface area contributed by atoms with Gasteiger partial charge in [0.1, 0.15) is 0 Å². The lowest BCUT2D eigenvalue weighted by Crippen LogP contribution is -2.39. The van der Waals surface area contributed by atoms with Gasteiger partial charge >= 0.3 is 11.9 Å². The van der Waals surface area contributed by atoms with Gasteiger partial charge in [0.2, 0.25) is 0 Å². The van der Waals surface area contributed by atoms with Gasteiger partial charge in [0, 0.05) is 19.6 Å². The molecule has 6 nitrogen and oxygen atoms in total. The second-order valence-electron chi connectivity index (χ2n) is 3.24. The molecule has 0 aliphatic heterocycles. The van der Waals surface area contributed by atoms with Crippen LogP contribution in [0.25, 0.3) is 0 Å². The second-order valence-corrected chi connectivity index (χ2v) is 3.24. The third-order valence-electron chi connectivity index (χ3n) is 1.96. The van der Waals surface area contributed by atoms with Gasteiger partial charge in [-0.05, 0) is 13.8 Å². The molecule has 0 saturated carbocycles. The summed E-state index contributed by atoms with van der Waals surface area (Å²) in [5.74, 6) is -3.41. The lowest BCUT2D eigenvalue weighted by Gasteiger charge is -2.31. The first-order chi connectivity index (χ1) is 7.45. The number of carboxylic acid groups (broad SMARTS) is 2. The smallest absolute Gasteiger partial charge is 0.308 e. The van der Waals surface area contributed by atoms with Gasteiger partial charge in [-0.3, -0.25) is 9.59 Å². The minimum absolute atomic E-state index is 0.0241. The number of carbonyl (C=O) groups is 2. The van der Waals surface area contributed by atoms with Crippen LogP contribution < -0.4 is 0 Å². The van der Waals surface area contributed by atoms with E-state index in [4.69, 9.17) is 19.7 Å². The maximum atomic E-state index is 10.7. The summed E-state index contributed by atoms with van der Waals surface area (Å²) >= 11 is 0. The van der Waals surface area contributed by atoms with E-state index in [1.54, 1.807) is 13.8 Å². The summed E-state index contributed by atoms with van der Waals surface area (Å²) in [6, 6.07) is 0. The van der Waals surface area contributed by atoms with Gasteiger partial charge in [0.05, 0.1) is 12.8 Å². The monoisotopic (exact) mass is 234 g/mol. The van der Waals surface area contributed by atoms with Crippen molar-refractivity contribution in [3.63, 3.8) is 0 Å². The summed E-state index contributed by atoms with van der Waals surface area (Å²) in [7, 11) is 0. The minimum Gasteiger partial charge on any atom is -0.481 e. The molecule has 0 atom stereocenters. The van der Waals surface area contributed by atoms with Gasteiger partial charge in [-0.2, -0.15) is 0 Å². The van der Waals surface area contributed by atoms with Crippen LogP contribution in [0.15, 0.2) is 0 Å². The number of aliphatic carboxylic acids is 2. The van der Waals surface area contributed by atoms with Gasteiger partial charge in [0.15, 0.2) is 5.79 Å². The fraction of sp³-hybridized carbons (Fsp3) is 0.800. The Morgan fingerprint density at radius 1 is 1.06 bits per heavy atom. The molecule has 0 aromatic heterocycles. The largest absolute Gasteiger partial charge is 0.481 e. The average molecular weight is 234 g/mol. The molecule has 0 saturated heterocycles. The predicted molar refractivity (Wildman–Crippen MR) is 55.1 cm³/mol. The van der Waals surface area contributed by atoms with Gasteiger partial charge in [-0.15, -0.1) is 0 Å². The van der Waals surface area contributed by atoms with E-state index >= 15 is 0 Å². The SMILES string of the molecule is CCOC(CCC(=O)O)(CC(=O)O)OCC. The zero-order valence-electron chi connectivity index (χ0n) is 9.56. The fourth-order valence-electron chi connectivity index (χ4n) is 1.43. The van der Waals surface area contributed by atoms with Gasteiger partial charge in [-0.25, -0.2) is 0 Å². The van der Waals surface area contributed by atoms with Gasteiger partial charge in [-0.1, -0.05) is 0 Å². The van der Waals surface area contributed by atoms with Crippen LogP contribution in [0.4, 0.5) is 0 Å². The molecule has 0 aromatic rings. The second kappa shape index (κ2) is 7.19. The van der Waals surface area contributed by atoms with E-state index in [0.717, 1.165) is 0 Å². The van der Waals surface area contributed by atoms with Crippen molar-refractivity contribution in [1.82, 2.24) is 0 Å². The Morgan fingerprint density at radius 3 is 1.88 bits per heavy atom. The van der Waals surface area contributed by atoms with Crippen molar-refractivity contribution >= 4 is 11.9 Å². The zero-order chi connectivity index (χ0) is 12.6. The van der Waals surface area contributed by atoms with Crippen LogP contribution >= 0.6 is 0 Å². The molecule has 0 radical (unpaired) electrons. The normalized spacial score (nSPS) is 11.4. The van der Waals surface area contributed by atoms with E-state index in [1.165, 1.54) is 0 Å². The predicted octanol–water partition coefficient (Wildman–Crippen LogP) is 1.10. The Labute approximate surface area is 94.2 Å². The van der Waals surface area contributed by atoms with Crippen LogP contribution in [0, 0.1) is 0 Å². The highest BCUT2D eigenvalue weighted by molar-refractivity contribution is 5.69. The molecular formula is C10H18O6. The Kier molecular flexibility index (Phi) is 6.67. The Balaban J connectivity index is 4.61. The Morgan fingerprint density at radius 2 is 1.56 bits per heavy atom. The molecule has 2 N–H and O–H groups in total. The van der Waals surface area contributed by atoms with E-state index in [9.17, 15) is 9.59 Å². The first kappa shape index (κ1) is 14.9. The van der Waals surface area contributed by atoms with Crippen molar-refractivity contribution in [3.05, 3.63) is 0 Å². The molecule has 0 fully saturated rings. The van der Waals surface area contributed by atoms with Crippen LogP contribution in [0.5, 0.6) is 0 Å². The molecular weight excluding hydrogens is 216 g/mol. The van der Waals surface area contributed by atoms with Gasteiger partial charge in [0.25, 0.3) is 0 Å². The summed E-state index contributed by atoms with van der Waals surface area (Å²) in [5.41, 5.74) is 0. The van der Waals surface area contributed by atoms with Gasteiger partial charge < -0.3 is 19.7 Å². The van der Waals surface area contributed by atoms with Crippen LogP contribution in [0.1, 0.15) is 33.1 Å². The molecule has 0 aliphatic carbocycles. The first-order valence-corrected chi connectivity index (χ1v) is 5.17. The summed E-state index contributed by atoms with van der Waals surface area (Å²) < 4.78 is 10.5. The third kappa shape index (κ3) is 5.67. The number of rotatable bonds is 9. The van der Waals surface area contributed by atoms with Crippen molar-refractivity contribution in [3.8, 4) is 0 Å². The fourth-order valence-corrected chi connectivity index (χ4v) is 1.43. The number of hydrogen-bond donors (Lipinski definition) is 2. The minimum atomic E-state index is -1.33. The highest BCUT2D eigenvalue weighted by Gasteiger charge is 2.34. The van der Waals surface area contributed by atoms with Crippen molar-refractivity contribution in [2.24, 2.45) is 0 Å². The van der Waals surface area contributed by atoms with E-state index in [1.807, 2.05) is 0 Å². The molecule has 0 spiro atoms. The highest BCUT2D eigenvalue weighted by atomic mass is 16.7. The van der Waals surface area contributed by atoms with Crippen molar-refractivity contribution in [2.45, 2.75) is 38.9 Å². The number of ether oxygens (including phenoxy) is 2. The Hall–Kier alpha value is -1.14. The van der Waals surface area contributed by atoms with Crippen LogP contribution in [-0.4, -0.2) is 41.2 Å². The zero-order valence-corrected chi connectivity index (χ0v) is 9.56. The summed E-state index contributed by atoms with van der Waals surface area (Å²) in [5, 5.41) is 17.3. The number of hydrogen-bond acceptors (Lipinski definition) is 4. The molecule has 0 aliphatic rings. The first-order valence-electron chi connectivity index (χ1n) is 5.17. The molecule has 94 valence electrons. The Bertz CT molecular complexity index is 231. The highest BCUT2D eigenvalue weighted by Crippen LogP contribution is 2.24. The topological polar surface area (TPSA) is 93.1 Å². The molecule has 16 heavy (non-hydrogen) atoms. The summed E-state index contributed by atoms with van der Waals surface area (Å²) in [6.45, 7) is 3.95. The summed E-state index contributed by atoms with van der Waals surface area (Å²) in [4.78, 5) is 21.2. The molecule has 6 heteroatoms. The van der Waals surface area contributed by atoms with E-state index in [-0.39, 0.29) is 32.5 Å². The molecule has 0 aromatic carbocycles. The van der Waals surface area contributed by atoms with E-state index in [0.29, 0.717) is 0 Å². The molecule has 0 bridgehead atoms. The van der Waals surface area contributed by atoms with Crippen LogP contribution in [0.2, 0.25) is 0 Å². The lowest BCUT2D eigenvalue weighted by atomic mass is 10.1.